The van der Waals surface area contributed by atoms with E-state index in [9.17, 15) is 5.11 Å². The monoisotopic (exact) mass is 250 g/mol. The molecule has 0 amide bonds. The zero-order chi connectivity index (χ0) is 13.5. The molecule has 2 atom stereocenters. The van der Waals surface area contributed by atoms with Gasteiger partial charge in [-0.3, -0.25) is 0 Å². The molecule has 1 aromatic heterocycles. The van der Waals surface area contributed by atoms with Crippen LogP contribution >= 0.6 is 0 Å². The number of aliphatic hydroxyl groups excluding tert-OH is 1. The Balaban J connectivity index is 2.23. The van der Waals surface area contributed by atoms with E-state index in [2.05, 4.69) is 34.4 Å². The number of hydrogen-bond acceptors (Lipinski definition) is 5. The molecule has 18 heavy (non-hydrogen) atoms. The van der Waals surface area contributed by atoms with Crippen LogP contribution in [0.1, 0.15) is 31.7 Å². The normalized spacial score (nSPS) is 25.4. The fourth-order valence-corrected chi connectivity index (χ4v) is 2.32. The Morgan fingerprint density at radius 1 is 1.22 bits per heavy atom. The van der Waals surface area contributed by atoms with Gasteiger partial charge in [0.1, 0.15) is 17.5 Å². The Labute approximate surface area is 108 Å². The minimum absolute atomic E-state index is 0.106. The summed E-state index contributed by atoms with van der Waals surface area (Å²) in [6, 6.07) is 0.255. The first-order valence-electron chi connectivity index (χ1n) is 6.34. The van der Waals surface area contributed by atoms with Crippen molar-refractivity contribution in [1.29, 1.82) is 0 Å². The minimum atomic E-state index is -0.234. The third kappa shape index (κ3) is 2.03. The highest BCUT2D eigenvalue weighted by Gasteiger charge is 2.47. The van der Waals surface area contributed by atoms with E-state index < -0.39 is 0 Å². The van der Waals surface area contributed by atoms with Crippen LogP contribution in [-0.4, -0.2) is 34.3 Å². The number of aliphatic hydroxyl groups is 1. The van der Waals surface area contributed by atoms with Gasteiger partial charge in [-0.25, -0.2) is 9.97 Å². The first-order chi connectivity index (χ1) is 8.36. The maximum absolute atomic E-state index is 9.76. The molecule has 0 spiro atoms. The average molecular weight is 250 g/mol. The van der Waals surface area contributed by atoms with Crippen LogP contribution in [0.2, 0.25) is 0 Å². The summed E-state index contributed by atoms with van der Waals surface area (Å²) in [7, 11) is 1.86. The topological polar surface area (TPSA) is 70.1 Å². The number of anilines is 2. The number of rotatable bonds is 3. The molecule has 0 radical (unpaired) electrons. The lowest BCUT2D eigenvalue weighted by atomic mass is 9.64. The molecule has 0 aliphatic heterocycles. The fraction of sp³-hybridized carbons (Fsp3) is 0.692. The molecule has 1 aliphatic rings. The highest BCUT2D eigenvalue weighted by atomic mass is 16.3. The number of hydrogen-bond donors (Lipinski definition) is 3. The van der Waals surface area contributed by atoms with Crippen molar-refractivity contribution in [3.63, 3.8) is 0 Å². The van der Waals surface area contributed by atoms with Crippen LogP contribution in [0, 0.1) is 19.3 Å². The Bertz CT molecular complexity index is 459. The van der Waals surface area contributed by atoms with Gasteiger partial charge in [0.15, 0.2) is 0 Å². The third-order valence-corrected chi connectivity index (χ3v) is 4.02. The molecule has 2 rings (SSSR count). The lowest BCUT2D eigenvalue weighted by molar-refractivity contribution is -0.0511. The van der Waals surface area contributed by atoms with Crippen molar-refractivity contribution in [2.24, 2.45) is 5.41 Å². The summed E-state index contributed by atoms with van der Waals surface area (Å²) in [5.74, 6) is 2.45. The summed E-state index contributed by atoms with van der Waals surface area (Å²) in [5.41, 5.74) is 0.908. The molecule has 5 nitrogen and oxygen atoms in total. The molecule has 0 saturated heterocycles. The van der Waals surface area contributed by atoms with Gasteiger partial charge in [0.05, 0.1) is 6.10 Å². The zero-order valence-electron chi connectivity index (χ0n) is 11.7. The van der Waals surface area contributed by atoms with Crippen molar-refractivity contribution < 1.29 is 5.11 Å². The molecule has 0 bridgehead atoms. The molecule has 2 unspecified atom stereocenters. The highest BCUT2D eigenvalue weighted by molar-refractivity contribution is 5.57. The molecule has 1 aliphatic carbocycles. The molecule has 5 heteroatoms. The largest absolute Gasteiger partial charge is 0.392 e. The Morgan fingerprint density at radius 2 is 1.83 bits per heavy atom. The van der Waals surface area contributed by atoms with Crippen molar-refractivity contribution in [2.75, 3.05) is 17.7 Å². The Kier molecular flexibility index (Phi) is 3.19. The molecule has 1 fully saturated rings. The number of nitrogens with one attached hydrogen (secondary N) is 2. The van der Waals surface area contributed by atoms with Gasteiger partial charge in [0.2, 0.25) is 0 Å². The van der Waals surface area contributed by atoms with E-state index in [-0.39, 0.29) is 17.6 Å². The predicted molar refractivity (Wildman–Crippen MR) is 72.9 cm³/mol. The van der Waals surface area contributed by atoms with Gasteiger partial charge in [-0.05, 0) is 20.3 Å². The SMILES string of the molecule is CNc1nc(C)nc(NC2CC(O)C2(C)C)c1C. The maximum atomic E-state index is 9.76. The molecule has 1 saturated carbocycles. The summed E-state index contributed by atoms with van der Waals surface area (Å²) >= 11 is 0. The van der Waals surface area contributed by atoms with E-state index >= 15 is 0 Å². The first kappa shape index (κ1) is 13.1. The quantitative estimate of drug-likeness (QED) is 0.762. The molecule has 0 aromatic carbocycles. The van der Waals surface area contributed by atoms with Gasteiger partial charge >= 0.3 is 0 Å². The van der Waals surface area contributed by atoms with Crippen LogP contribution < -0.4 is 10.6 Å². The summed E-state index contributed by atoms with van der Waals surface area (Å²) in [5, 5.41) is 16.3. The van der Waals surface area contributed by atoms with Crippen LogP contribution in [0.5, 0.6) is 0 Å². The molecular formula is C13H22N4O. The average Bonchev–Trinajstić information content (AvgIpc) is 2.32. The summed E-state index contributed by atoms with van der Waals surface area (Å²) in [4.78, 5) is 8.79. The first-order valence-corrected chi connectivity index (χ1v) is 6.34. The molecule has 100 valence electrons. The van der Waals surface area contributed by atoms with E-state index in [4.69, 9.17) is 0 Å². The lowest BCUT2D eigenvalue weighted by Gasteiger charge is -2.49. The van der Waals surface area contributed by atoms with Crippen molar-refractivity contribution in [1.82, 2.24) is 9.97 Å². The second-order valence-electron chi connectivity index (χ2n) is 5.61. The van der Waals surface area contributed by atoms with Gasteiger partial charge in [-0.15, -0.1) is 0 Å². The predicted octanol–water partition coefficient (Wildman–Crippen LogP) is 1.71. The van der Waals surface area contributed by atoms with Crippen LogP contribution in [-0.2, 0) is 0 Å². The number of aryl methyl sites for hydroxylation is 1. The van der Waals surface area contributed by atoms with Crippen LogP contribution in [0.4, 0.5) is 11.6 Å². The van der Waals surface area contributed by atoms with E-state index in [0.29, 0.717) is 0 Å². The van der Waals surface area contributed by atoms with Gasteiger partial charge in [-0.1, -0.05) is 13.8 Å². The third-order valence-electron chi connectivity index (χ3n) is 4.02. The van der Waals surface area contributed by atoms with E-state index in [0.717, 1.165) is 29.4 Å². The van der Waals surface area contributed by atoms with E-state index in [1.165, 1.54) is 0 Å². The Hall–Kier alpha value is -1.36. The zero-order valence-corrected chi connectivity index (χ0v) is 11.7. The molecule has 1 heterocycles. The summed E-state index contributed by atoms with van der Waals surface area (Å²) < 4.78 is 0. The van der Waals surface area contributed by atoms with Gasteiger partial charge in [0, 0.05) is 24.1 Å². The van der Waals surface area contributed by atoms with Crippen LogP contribution in [0.3, 0.4) is 0 Å². The van der Waals surface area contributed by atoms with E-state index in [1.807, 2.05) is 20.9 Å². The standard InChI is InChI=1S/C13H22N4O/c1-7-11(14-5)15-8(2)16-12(7)17-9-6-10(18)13(9,3)4/h9-10,18H,6H2,1-5H3,(H2,14,15,16,17). The van der Waals surface area contributed by atoms with Crippen LogP contribution in [0.25, 0.3) is 0 Å². The minimum Gasteiger partial charge on any atom is -0.392 e. The second-order valence-corrected chi connectivity index (χ2v) is 5.61. The van der Waals surface area contributed by atoms with Crippen molar-refractivity contribution in [2.45, 2.75) is 46.3 Å². The van der Waals surface area contributed by atoms with Gasteiger partial charge in [0.25, 0.3) is 0 Å². The fourth-order valence-electron chi connectivity index (χ4n) is 2.32. The van der Waals surface area contributed by atoms with Gasteiger partial charge in [-0.2, -0.15) is 0 Å². The van der Waals surface area contributed by atoms with Crippen molar-refractivity contribution in [3.05, 3.63) is 11.4 Å². The number of nitrogens with zero attached hydrogens (tertiary/aromatic N) is 2. The Morgan fingerprint density at radius 3 is 2.33 bits per heavy atom. The molecule has 3 N–H and O–H groups in total. The van der Waals surface area contributed by atoms with Gasteiger partial charge < -0.3 is 15.7 Å². The lowest BCUT2D eigenvalue weighted by Crippen LogP contribution is -2.57. The highest BCUT2D eigenvalue weighted by Crippen LogP contribution is 2.42. The van der Waals surface area contributed by atoms with E-state index in [1.54, 1.807) is 0 Å². The summed E-state index contributed by atoms with van der Waals surface area (Å²) in [6.45, 7) is 8.02. The summed E-state index contributed by atoms with van der Waals surface area (Å²) in [6.07, 6.45) is 0.534. The van der Waals surface area contributed by atoms with Crippen molar-refractivity contribution in [3.8, 4) is 0 Å². The molecule has 1 aromatic rings. The number of aromatic nitrogens is 2. The van der Waals surface area contributed by atoms with Crippen LogP contribution in [0.15, 0.2) is 0 Å². The molecular weight excluding hydrogens is 228 g/mol. The maximum Gasteiger partial charge on any atom is 0.135 e. The second kappa shape index (κ2) is 4.39. The smallest absolute Gasteiger partial charge is 0.135 e. The van der Waals surface area contributed by atoms with Crippen molar-refractivity contribution >= 4 is 11.6 Å².